The number of primary amides is 1. The number of amides is 5. The van der Waals surface area contributed by atoms with E-state index in [1.54, 1.807) is 20.8 Å². The number of nitrogens with one attached hydrogen (secondary N) is 3. The molecule has 41 heavy (non-hydrogen) atoms. The minimum atomic E-state index is -1.45. The van der Waals surface area contributed by atoms with Crippen molar-refractivity contribution in [1.82, 2.24) is 20.9 Å². The number of halogens is 2. The second-order valence-corrected chi connectivity index (χ2v) is 14.3. The van der Waals surface area contributed by atoms with Gasteiger partial charge in [0.05, 0.1) is 11.8 Å². The van der Waals surface area contributed by atoms with Gasteiger partial charge in [-0.3, -0.25) is 19.2 Å². The third kappa shape index (κ3) is 7.32. The van der Waals surface area contributed by atoms with Gasteiger partial charge in [0, 0.05) is 18.4 Å². The lowest BCUT2D eigenvalue weighted by atomic mass is 9.85. The van der Waals surface area contributed by atoms with Crippen LogP contribution in [-0.2, 0) is 28.7 Å². The average Bonchev–Trinajstić information content (AvgIpc) is 3.67. The van der Waals surface area contributed by atoms with E-state index in [2.05, 4.69) is 22.5 Å². The van der Waals surface area contributed by atoms with E-state index in [1.807, 2.05) is 0 Å². The molecule has 2 aliphatic carbocycles. The van der Waals surface area contributed by atoms with Gasteiger partial charge < -0.3 is 31.3 Å². The first kappa shape index (κ1) is 32.7. The molecule has 0 bridgehead atoms. The summed E-state index contributed by atoms with van der Waals surface area (Å²) in [5.41, 5.74) is 2.93. The van der Waals surface area contributed by atoms with Crippen molar-refractivity contribution in [3.8, 4) is 0 Å². The third-order valence-electron chi connectivity index (χ3n) is 7.62. The summed E-state index contributed by atoms with van der Waals surface area (Å²) in [6, 6.07) is -4.24. The number of fused-ring (bicyclic) bond motifs is 1. The highest BCUT2D eigenvalue weighted by Crippen LogP contribution is 2.65. The van der Waals surface area contributed by atoms with Crippen LogP contribution in [0.5, 0.6) is 0 Å². The van der Waals surface area contributed by atoms with Gasteiger partial charge in [-0.1, -0.05) is 40.2 Å². The predicted octanol–water partition coefficient (Wildman–Crippen LogP) is 1.53. The minimum Gasteiger partial charge on any atom is -0.430 e. The number of hydrogen-bond acceptors (Lipinski definition) is 7. The molecule has 5 N–H and O–H groups in total. The number of rotatable bonds is 11. The number of alkyl halides is 2. The van der Waals surface area contributed by atoms with E-state index < -0.39 is 80.8 Å². The number of ketones is 1. The number of esters is 1. The van der Waals surface area contributed by atoms with E-state index in [9.17, 15) is 28.8 Å². The molecular weight excluding hydrogens is 577 g/mol. The monoisotopic (exact) mass is 615 g/mol. The molecule has 2 saturated carbocycles. The molecule has 0 spiro atoms. The first-order valence-electron chi connectivity index (χ1n) is 13.5. The highest BCUT2D eigenvalue weighted by atomic mass is 35.5. The molecule has 14 heteroatoms. The highest BCUT2D eigenvalue weighted by Gasteiger charge is 2.74. The normalized spacial score (nSPS) is 24.3. The van der Waals surface area contributed by atoms with Gasteiger partial charge in [0.25, 0.3) is 5.91 Å². The number of nitrogens with zero attached hydrogens (tertiary/aromatic N) is 1. The summed E-state index contributed by atoms with van der Waals surface area (Å²) >= 11 is 12.9. The maximum Gasteiger partial charge on any atom is 0.336 e. The lowest BCUT2D eigenvalue weighted by Gasteiger charge is -2.38. The molecule has 12 nitrogen and oxygen atoms in total. The molecule has 3 fully saturated rings. The molecule has 3 aliphatic rings. The van der Waals surface area contributed by atoms with Crippen molar-refractivity contribution in [2.75, 3.05) is 6.54 Å². The van der Waals surface area contributed by atoms with Crippen LogP contribution in [0.1, 0.15) is 60.8 Å². The minimum absolute atomic E-state index is 0.0396. The van der Waals surface area contributed by atoms with Crippen molar-refractivity contribution < 1.29 is 33.5 Å². The van der Waals surface area contributed by atoms with Gasteiger partial charge in [-0.25, -0.2) is 9.59 Å². The highest BCUT2D eigenvalue weighted by molar-refractivity contribution is 6.51. The van der Waals surface area contributed by atoms with Crippen LogP contribution in [0.3, 0.4) is 0 Å². The molecule has 228 valence electrons. The number of hydrogen-bond donors (Lipinski definition) is 4. The Balaban J connectivity index is 1.81. The Bertz CT molecular complexity index is 1160. The Hall–Kier alpha value is -2.86. The van der Waals surface area contributed by atoms with E-state index in [4.69, 9.17) is 33.7 Å². The predicted molar refractivity (Wildman–Crippen MR) is 150 cm³/mol. The van der Waals surface area contributed by atoms with Gasteiger partial charge in [-0.05, 0) is 38.5 Å². The summed E-state index contributed by atoms with van der Waals surface area (Å²) < 4.78 is 3.76. The Morgan fingerprint density at radius 3 is 2.15 bits per heavy atom. The number of nitrogens with two attached hydrogens (primary N) is 1. The van der Waals surface area contributed by atoms with Crippen molar-refractivity contribution in [1.29, 1.82) is 0 Å². The second kappa shape index (κ2) is 11.4. The standard InChI is InChI=1S/C27H39Cl2N5O7/c1-12(2)41-23(39)26(6,7)33-24(40)32-19(25(3,4)5)22(38)34-11-14-16(27(14,28)29)17(34)21(37)31-15(10-13-8-9-13)18(35)20(30)36/h13-17,19H,1,8-11H2,2-7H3,(H2,30,36)(H,31,37)(H2,32,33,40)/t14-,15?,16-,17-,19+/m0/s1. The molecule has 1 aliphatic heterocycles. The van der Waals surface area contributed by atoms with Crippen LogP contribution in [0.15, 0.2) is 12.3 Å². The number of ether oxygens (including phenoxy) is 1. The molecule has 1 unspecified atom stereocenters. The third-order valence-corrected chi connectivity index (χ3v) is 8.68. The smallest absolute Gasteiger partial charge is 0.336 e. The van der Waals surface area contributed by atoms with Gasteiger partial charge in [-0.2, -0.15) is 0 Å². The number of likely N-dealkylation sites (tertiary alicyclic amines) is 1. The molecule has 0 aromatic carbocycles. The molecule has 0 aromatic rings. The van der Waals surface area contributed by atoms with Crippen molar-refractivity contribution in [3.63, 3.8) is 0 Å². The summed E-state index contributed by atoms with van der Waals surface area (Å²) in [5, 5.41) is 7.75. The van der Waals surface area contributed by atoms with Crippen molar-refractivity contribution in [2.45, 2.75) is 88.8 Å². The quantitative estimate of drug-likeness (QED) is 0.118. The first-order chi connectivity index (χ1) is 18.7. The zero-order valence-electron chi connectivity index (χ0n) is 24.1. The molecular formula is C27H39Cl2N5O7. The van der Waals surface area contributed by atoms with Crippen LogP contribution in [0.2, 0.25) is 0 Å². The fourth-order valence-electron chi connectivity index (χ4n) is 5.08. The van der Waals surface area contributed by atoms with E-state index >= 15 is 0 Å². The summed E-state index contributed by atoms with van der Waals surface area (Å²) in [5.74, 6) is -4.80. The Labute approximate surface area is 249 Å². The molecule has 1 saturated heterocycles. The summed E-state index contributed by atoms with van der Waals surface area (Å²) in [6.07, 6.45) is 1.99. The summed E-state index contributed by atoms with van der Waals surface area (Å²) in [6.45, 7) is 13.1. The maximum absolute atomic E-state index is 14.0. The number of Topliss-reactive ketones (excluding diaryl/α,β-unsaturated/α-hetero) is 1. The van der Waals surface area contributed by atoms with Crippen LogP contribution in [-0.4, -0.2) is 74.9 Å². The zero-order valence-corrected chi connectivity index (χ0v) is 25.6. The number of allylic oxidation sites excluding steroid dienone is 1. The number of carbonyl (C=O) groups excluding carboxylic acids is 6. The van der Waals surface area contributed by atoms with Gasteiger partial charge >= 0.3 is 12.0 Å². The molecule has 5 amide bonds. The molecule has 3 rings (SSSR count). The first-order valence-corrected chi connectivity index (χ1v) is 14.2. The van der Waals surface area contributed by atoms with E-state index in [1.165, 1.54) is 25.7 Å². The van der Waals surface area contributed by atoms with Crippen LogP contribution in [0.25, 0.3) is 0 Å². The fourth-order valence-corrected chi connectivity index (χ4v) is 5.91. The number of urea groups is 1. The van der Waals surface area contributed by atoms with Crippen molar-refractivity contribution in [2.24, 2.45) is 28.9 Å². The van der Waals surface area contributed by atoms with Gasteiger partial charge in [-0.15, -0.1) is 23.2 Å². The van der Waals surface area contributed by atoms with E-state index in [0.29, 0.717) is 0 Å². The molecule has 5 atom stereocenters. The SMILES string of the molecule is C=C(C)OC(=O)C(C)(C)NC(=O)N[C@H](C(=O)N1C[C@H]2[C@@H]([C@H]1C(=O)NC(CC1CC1)C(=O)C(N)=O)C2(Cl)Cl)C(C)(C)C. The molecule has 0 aromatic heterocycles. The van der Waals surface area contributed by atoms with Crippen LogP contribution >= 0.6 is 23.2 Å². The average molecular weight is 617 g/mol. The topological polar surface area (TPSA) is 177 Å². The Morgan fingerprint density at radius 1 is 1.07 bits per heavy atom. The largest absolute Gasteiger partial charge is 0.430 e. The number of carbonyl (C=O) groups is 6. The van der Waals surface area contributed by atoms with E-state index in [-0.39, 0.29) is 24.6 Å². The summed E-state index contributed by atoms with van der Waals surface area (Å²) in [7, 11) is 0. The Morgan fingerprint density at radius 2 is 1.66 bits per heavy atom. The lowest BCUT2D eigenvalue weighted by molar-refractivity contribution is -0.145. The summed E-state index contributed by atoms with van der Waals surface area (Å²) in [4.78, 5) is 78.3. The molecule has 0 radical (unpaired) electrons. The van der Waals surface area contributed by atoms with Crippen LogP contribution in [0.4, 0.5) is 4.79 Å². The van der Waals surface area contributed by atoms with E-state index in [0.717, 1.165) is 12.8 Å². The van der Waals surface area contributed by atoms with Crippen LogP contribution < -0.4 is 21.7 Å². The zero-order chi connectivity index (χ0) is 31.2. The van der Waals surface area contributed by atoms with Crippen molar-refractivity contribution >= 4 is 58.7 Å². The van der Waals surface area contributed by atoms with Crippen molar-refractivity contribution in [3.05, 3.63) is 12.3 Å². The lowest BCUT2D eigenvalue weighted by Crippen LogP contribution is -2.63. The fraction of sp³-hybridized carbons (Fsp3) is 0.704. The molecule has 1 heterocycles. The van der Waals surface area contributed by atoms with Gasteiger partial charge in [0.15, 0.2) is 0 Å². The van der Waals surface area contributed by atoms with Gasteiger partial charge in [0.2, 0.25) is 17.6 Å². The van der Waals surface area contributed by atoms with Gasteiger partial charge in [0.1, 0.15) is 22.0 Å². The maximum atomic E-state index is 14.0. The van der Waals surface area contributed by atoms with Crippen LogP contribution in [0, 0.1) is 23.2 Å². The number of piperidine rings is 1. The Kier molecular flexibility index (Phi) is 9.10. The second-order valence-electron chi connectivity index (χ2n) is 12.8.